The van der Waals surface area contributed by atoms with E-state index in [1.54, 1.807) is 29.2 Å². The second-order valence-corrected chi connectivity index (χ2v) is 10.2. The van der Waals surface area contributed by atoms with Crippen molar-refractivity contribution in [1.82, 2.24) is 4.90 Å². The van der Waals surface area contributed by atoms with Crippen molar-refractivity contribution < 1.29 is 28.6 Å². The van der Waals surface area contributed by atoms with Crippen LogP contribution in [0.1, 0.15) is 54.2 Å². The van der Waals surface area contributed by atoms with Gasteiger partial charge in [-0.25, -0.2) is 4.39 Å². The molecule has 1 amide bonds. The van der Waals surface area contributed by atoms with Crippen LogP contribution >= 0.6 is 0 Å². The van der Waals surface area contributed by atoms with Crippen LogP contribution in [0.3, 0.4) is 0 Å². The molecule has 6 nitrogen and oxygen atoms in total. The smallest absolute Gasteiger partial charge is 0.307 e. The van der Waals surface area contributed by atoms with Crippen LogP contribution in [-0.2, 0) is 40.1 Å². The SMILES string of the molecule is CC(C)Oc1ccc(CC(=O)O)cc1-c1ccc(F)c2c1CN(C(=O)CC1OCCc3ccccc31)CC2. The molecule has 0 bridgehead atoms. The second kappa shape index (κ2) is 11.0. The Balaban J connectivity index is 1.47. The van der Waals surface area contributed by atoms with Crippen LogP contribution in [-0.4, -0.2) is 41.1 Å². The lowest BCUT2D eigenvalue weighted by Gasteiger charge is -2.33. The van der Waals surface area contributed by atoms with Crippen LogP contribution in [0.15, 0.2) is 54.6 Å². The molecule has 7 heteroatoms. The number of amides is 1. The molecule has 0 fully saturated rings. The highest BCUT2D eigenvalue weighted by atomic mass is 19.1. The van der Waals surface area contributed by atoms with Crippen LogP contribution in [0.4, 0.5) is 4.39 Å². The molecule has 0 radical (unpaired) electrons. The molecule has 1 atom stereocenters. The molecule has 1 N–H and O–H groups in total. The number of hydrogen-bond acceptors (Lipinski definition) is 4. The number of aliphatic carboxylic acids is 1. The average molecular weight is 518 g/mol. The Kier molecular flexibility index (Phi) is 7.47. The number of benzene rings is 3. The summed E-state index contributed by atoms with van der Waals surface area (Å²) < 4.78 is 27.0. The molecule has 0 aromatic heterocycles. The molecule has 198 valence electrons. The van der Waals surface area contributed by atoms with E-state index in [1.165, 1.54) is 11.6 Å². The molecule has 0 spiro atoms. The van der Waals surface area contributed by atoms with Crippen molar-refractivity contribution in [2.75, 3.05) is 13.2 Å². The Morgan fingerprint density at radius 3 is 2.68 bits per heavy atom. The average Bonchev–Trinajstić information content (AvgIpc) is 2.89. The van der Waals surface area contributed by atoms with E-state index < -0.39 is 5.97 Å². The van der Waals surface area contributed by atoms with Crippen molar-refractivity contribution in [3.8, 4) is 16.9 Å². The van der Waals surface area contributed by atoms with Crippen molar-refractivity contribution in [3.63, 3.8) is 0 Å². The first-order valence-electron chi connectivity index (χ1n) is 13.1. The normalized spacial score (nSPS) is 16.6. The number of carboxylic acids is 1. The molecule has 0 aliphatic carbocycles. The molecular formula is C31H32FNO5. The van der Waals surface area contributed by atoms with E-state index >= 15 is 0 Å². The Labute approximate surface area is 222 Å². The highest BCUT2D eigenvalue weighted by Gasteiger charge is 2.30. The largest absolute Gasteiger partial charge is 0.490 e. The number of halogens is 1. The maximum Gasteiger partial charge on any atom is 0.307 e. The van der Waals surface area contributed by atoms with Crippen molar-refractivity contribution in [3.05, 3.63) is 88.2 Å². The molecule has 2 aliphatic heterocycles. The molecule has 38 heavy (non-hydrogen) atoms. The first-order chi connectivity index (χ1) is 18.3. The summed E-state index contributed by atoms with van der Waals surface area (Å²) in [5, 5.41) is 9.33. The van der Waals surface area contributed by atoms with Crippen LogP contribution in [0.25, 0.3) is 11.1 Å². The Morgan fingerprint density at radius 2 is 1.89 bits per heavy atom. The van der Waals surface area contributed by atoms with E-state index in [2.05, 4.69) is 6.07 Å². The summed E-state index contributed by atoms with van der Waals surface area (Å²) in [5.41, 5.74) is 5.67. The summed E-state index contributed by atoms with van der Waals surface area (Å²) in [5.74, 6) is -0.671. The predicted octanol–water partition coefficient (Wildman–Crippen LogP) is 5.50. The number of carboxylic acid groups (broad SMARTS) is 1. The monoisotopic (exact) mass is 517 g/mol. The van der Waals surface area contributed by atoms with Crippen molar-refractivity contribution in [2.45, 2.75) is 58.3 Å². The Hall–Kier alpha value is -3.71. The molecule has 1 unspecified atom stereocenters. The van der Waals surface area contributed by atoms with Crippen molar-refractivity contribution >= 4 is 11.9 Å². The number of rotatable bonds is 7. The quantitative estimate of drug-likeness (QED) is 0.448. The molecule has 5 rings (SSSR count). The summed E-state index contributed by atoms with van der Waals surface area (Å²) >= 11 is 0. The first-order valence-corrected chi connectivity index (χ1v) is 13.1. The minimum Gasteiger partial charge on any atom is -0.490 e. The zero-order valence-electron chi connectivity index (χ0n) is 21.7. The van der Waals surface area contributed by atoms with Crippen LogP contribution in [0.5, 0.6) is 5.75 Å². The summed E-state index contributed by atoms with van der Waals surface area (Å²) in [6, 6.07) is 16.5. The third kappa shape index (κ3) is 5.43. The zero-order valence-corrected chi connectivity index (χ0v) is 21.7. The lowest BCUT2D eigenvalue weighted by atomic mass is 9.89. The maximum atomic E-state index is 15.0. The van der Waals surface area contributed by atoms with Gasteiger partial charge in [-0.05, 0) is 78.3 Å². The number of hydrogen-bond donors (Lipinski definition) is 1. The van der Waals surface area contributed by atoms with E-state index in [0.29, 0.717) is 42.0 Å². The van der Waals surface area contributed by atoms with E-state index in [4.69, 9.17) is 9.47 Å². The van der Waals surface area contributed by atoms with Gasteiger partial charge in [-0.2, -0.15) is 0 Å². The molecule has 2 heterocycles. The van der Waals surface area contributed by atoms with Gasteiger partial charge in [-0.1, -0.05) is 36.4 Å². The topological polar surface area (TPSA) is 76.1 Å². The lowest BCUT2D eigenvalue weighted by Crippen LogP contribution is -2.38. The van der Waals surface area contributed by atoms with Gasteiger partial charge in [-0.15, -0.1) is 0 Å². The Morgan fingerprint density at radius 1 is 1.08 bits per heavy atom. The van der Waals surface area contributed by atoms with E-state index in [1.807, 2.05) is 32.0 Å². The van der Waals surface area contributed by atoms with Gasteiger partial charge >= 0.3 is 5.97 Å². The van der Waals surface area contributed by atoms with E-state index in [-0.39, 0.29) is 43.3 Å². The fourth-order valence-corrected chi connectivity index (χ4v) is 5.46. The first kappa shape index (κ1) is 25.9. The van der Waals surface area contributed by atoms with Gasteiger partial charge in [0.1, 0.15) is 11.6 Å². The maximum absolute atomic E-state index is 15.0. The van der Waals surface area contributed by atoms with Gasteiger partial charge in [0.15, 0.2) is 0 Å². The Bertz CT molecular complexity index is 1370. The molecular weight excluding hydrogens is 485 g/mol. The fraction of sp³-hybridized carbons (Fsp3) is 0.355. The van der Waals surface area contributed by atoms with Crippen molar-refractivity contribution in [2.24, 2.45) is 0 Å². The predicted molar refractivity (Wildman–Crippen MR) is 142 cm³/mol. The van der Waals surface area contributed by atoms with Gasteiger partial charge in [-0.3, -0.25) is 9.59 Å². The molecule has 2 aliphatic rings. The van der Waals surface area contributed by atoms with Gasteiger partial charge in [0.05, 0.1) is 31.7 Å². The summed E-state index contributed by atoms with van der Waals surface area (Å²) in [7, 11) is 0. The number of carbonyl (C=O) groups is 2. The molecule has 0 saturated carbocycles. The number of ether oxygens (including phenoxy) is 2. The van der Waals surface area contributed by atoms with Crippen LogP contribution in [0.2, 0.25) is 0 Å². The summed E-state index contributed by atoms with van der Waals surface area (Å²) in [4.78, 5) is 26.6. The van der Waals surface area contributed by atoms with Crippen LogP contribution < -0.4 is 4.74 Å². The second-order valence-electron chi connectivity index (χ2n) is 10.2. The number of nitrogens with zero attached hydrogens (tertiary/aromatic N) is 1. The third-order valence-electron chi connectivity index (χ3n) is 7.21. The van der Waals surface area contributed by atoms with Gasteiger partial charge in [0, 0.05) is 18.7 Å². The highest BCUT2D eigenvalue weighted by molar-refractivity contribution is 5.80. The lowest BCUT2D eigenvalue weighted by molar-refractivity contribution is -0.136. The fourth-order valence-electron chi connectivity index (χ4n) is 5.46. The highest BCUT2D eigenvalue weighted by Crippen LogP contribution is 2.39. The van der Waals surface area contributed by atoms with Crippen molar-refractivity contribution in [1.29, 1.82) is 0 Å². The number of fused-ring (bicyclic) bond motifs is 2. The standard InChI is InChI=1S/C31H32FNO5/c1-19(2)38-28-10-7-20(16-31(35)36)15-25(28)23-8-9-27(32)24-11-13-33(18-26(23)24)30(34)17-29-22-6-4-3-5-21(22)12-14-37-29/h3-10,15,19,29H,11-14,16-18H2,1-2H3,(H,35,36). The minimum absolute atomic E-state index is 0.0363. The molecule has 3 aromatic rings. The summed E-state index contributed by atoms with van der Waals surface area (Å²) in [6.07, 6.45) is 0.935. The van der Waals surface area contributed by atoms with Gasteiger partial charge < -0.3 is 19.5 Å². The van der Waals surface area contributed by atoms with E-state index in [0.717, 1.165) is 23.1 Å². The van der Waals surface area contributed by atoms with Gasteiger partial charge in [0.25, 0.3) is 0 Å². The zero-order chi connectivity index (χ0) is 26.8. The van der Waals surface area contributed by atoms with Gasteiger partial charge in [0.2, 0.25) is 5.91 Å². The minimum atomic E-state index is -0.933. The number of carbonyl (C=O) groups excluding carboxylic acids is 1. The molecule has 3 aromatic carbocycles. The molecule has 0 saturated heterocycles. The van der Waals surface area contributed by atoms with Crippen LogP contribution in [0, 0.1) is 5.82 Å². The third-order valence-corrected chi connectivity index (χ3v) is 7.21. The summed E-state index contributed by atoms with van der Waals surface area (Å²) in [6.45, 7) is 5.11. The van der Waals surface area contributed by atoms with E-state index in [9.17, 15) is 19.1 Å².